The van der Waals surface area contributed by atoms with Gasteiger partial charge in [-0.15, -0.1) is 0 Å². The van der Waals surface area contributed by atoms with E-state index in [0.29, 0.717) is 17.1 Å². The third-order valence-electron chi connectivity index (χ3n) is 2.90. The average Bonchev–Trinajstić information content (AvgIpc) is 2.52. The van der Waals surface area contributed by atoms with Gasteiger partial charge in [0.2, 0.25) is 0 Å². The number of halogens is 2. The first kappa shape index (κ1) is 16.3. The van der Waals surface area contributed by atoms with E-state index in [4.69, 9.17) is 14.3 Å². The number of methoxy groups -OCH3 is 2. The average molecular weight is 368 g/mol. The molecule has 0 bridgehead atoms. The molecule has 2 aromatic rings. The minimum Gasteiger partial charge on any atom is -0.493 e. The van der Waals surface area contributed by atoms with Crippen molar-refractivity contribution in [2.75, 3.05) is 14.2 Å². The standard InChI is InChI=1S/C16H15BrFNO3/c1-20-15-7-12(14(17)8-16(15)21-2)10-22-19-9-11-4-3-5-13(18)6-11/h3-9H,10H2,1-2H3/b19-9-. The molecule has 4 nitrogen and oxygen atoms in total. The van der Waals surface area contributed by atoms with Crippen LogP contribution in [0.1, 0.15) is 11.1 Å². The monoisotopic (exact) mass is 367 g/mol. The second-order valence-electron chi connectivity index (χ2n) is 4.36. The van der Waals surface area contributed by atoms with Gasteiger partial charge in [-0.2, -0.15) is 0 Å². The van der Waals surface area contributed by atoms with Crippen molar-refractivity contribution in [2.24, 2.45) is 5.16 Å². The normalized spacial score (nSPS) is 10.7. The van der Waals surface area contributed by atoms with E-state index in [0.717, 1.165) is 10.0 Å². The molecular formula is C16H15BrFNO3. The van der Waals surface area contributed by atoms with Gasteiger partial charge in [0.05, 0.1) is 20.4 Å². The highest BCUT2D eigenvalue weighted by Crippen LogP contribution is 2.33. The summed E-state index contributed by atoms with van der Waals surface area (Å²) < 4.78 is 24.3. The molecule has 0 saturated heterocycles. The molecule has 0 amide bonds. The number of hydrogen-bond acceptors (Lipinski definition) is 4. The van der Waals surface area contributed by atoms with Gasteiger partial charge in [-0.05, 0) is 29.8 Å². The predicted octanol–water partition coefficient (Wildman–Crippen LogP) is 4.16. The van der Waals surface area contributed by atoms with Gasteiger partial charge in [0.1, 0.15) is 12.4 Å². The van der Waals surface area contributed by atoms with E-state index in [1.807, 2.05) is 0 Å². The van der Waals surface area contributed by atoms with Crippen molar-refractivity contribution < 1.29 is 18.7 Å². The van der Waals surface area contributed by atoms with Crippen LogP contribution in [-0.4, -0.2) is 20.4 Å². The first-order chi connectivity index (χ1) is 10.6. The van der Waals surface area contributed by atoms with Crippen LogP contribution in [0.2, 0.25) is 0 Å². The van der Waals surface area contributed by atoms with Gasteiger partial charge in [-0.1, -0.05) is 33.2 Å². The van der Waals surface area contributed by atoms with Gasteiger partial charge in [0, 0.05) is 10.0 Å². The van der Waals surface area contributed by atoms with E-state index < -0.39 is 0 Å². The third-order valence-corrected chi connectivity index (χ3v) is 3.64. The summed E-state index contributed by atoms with van der Waals surface area (Å²) in [6.45, 7) is 0.243. The van der Waals surface area contributed by atoms with E-state index in [1.54, 1.807) is 38.5 Å². The van der Waals surface area contributed by atoms with Crippen LogP contribution in [0.25, 0.3) is 0 Å². The lowest BCUT2D eigenvalue weighted by Gasteiger charge is -2.11. The van der Waals surface area contributed by atoms with Crippen LogP contribution in [0.3, 0.4) is 0 Å². The molecule has 0 aromatic heterocycles. The zero-order valence-corrected chi connectivity index (χ0v) is 13.8. The smallest absolute Gasteiger partial charge is 0.161 e. The van der Waals surface area contributed by atoms with E-state index in [9.17, 15) is 4.39 Å². The van der Waals surface area contributed by atoms with Crippen molar-refractivity contribution in [3.8, 4) is 11.5 Å². The van der Waals surface area contributed by atoms with Crippen LogP contribution in [0.15, 0.2) is 46.0 Å². The highest BCUT2D eigenvalue weighted by Gasteiger charge is 2.09. The van der Waals surface area contributed by atoms with Crippen LogP contribution >= 0.6 is 15.9 Å². The molecule has 0 fully saturated rings. The van der Waals surface area contributed by atoms with Crippen molar-refractivity contribution in [2.45, 2.75) is 6.61 Å². The Hall–Kier alpha value is -2.08. The maximum absolute atomic E-state index is 13.0. The highest BCUT2D eigenvalue weighted by molar-refractivity contribution is 9.10. The molecule has 0 radical (unpaired) electrons. The number of ether oxygens (including phenoxy) is 2. The second kappa shape index (κ2) is 7.79. The van der Waals surface area contributed by atoms with Gasteiger partial charge in [0.15, 0.2) is 11.5 Å². The molecule has 22 heavy (non-hydrogen) atoms. The van der Waals surface area contributed by atoms with Crippen molar-refractivity contribution in [3.05, 3.63) is 57.8 Å². The van der Waals surface area contributed by atoms with E-state index >= 15 is 0 Å². The van der Waals surface area contributed by atoms with Gasteiger partial charge >= 0.3 is 0 Å². The molecule has 0 N–H and O–H groups in total. The topological polar surface area (TPSA) is 40.0 Å². The third kappa shape index (κ3) is 4.21. The molecule has 116 valence electrons. The first-order valence-corrected chi connectivity index (χ1v) is 7.24. The quantitative estimate of drug-likeness (QED) is 0.568. The van der Waals surface area contributed by atoms with Crippen LogP contribution in [0.5, 0.6) is 11.5 Å². The van der Waals surface area contributed by atoms with Crippen LogP contribution < -0.4 is 9.47 Å². The lowest BCUT2D eigenvalue weighted by Crippen LogP contribution is -1.95. The van der Waals surface area contributed by atoms with Crippen molar-refractivity contribution in [1.29, 1.82) is 0 Å². The van der Waals surface area contributed by atoms with Crippen molar-refractivity contribution >= 4 is 22.1 Å². The molecule has 0 heterocycles. The summed E-state index contributed by atoms with van der Waals surface area (Å²) in [4.78, 5) is 5.24. The number of oxime groups is 1. The molecule has 0 spiro atoms. The van der Waals surface area contributed by atoms with Gasteiger partial charge < -0.3 is 14.3 Å². The minimum absolute atomic E-state index is 0.243. The molecule has 6 heteroatoms. The Morgan fingerprint density at radius 1 is 1.14 bits per heavy atom. The first-order valence-electron chi connectivity index (χ1n) is 6.45. The fourth-order valence-electron chi connectivity index (χ4n) is 1.80. The molecule has 0 aliphatic carbocycles. The lowest BCUT2D eigenvalue weighted by atomic mass is 10.2. The number of hydrogen-bond donors (Lipinski definition) is 0. The fourth-order valence-corrected chi connectivity index (χ4v) is 2.24. The van der Waals surface area contributed by atoms with Crippen LogP contribution in [0, 0.1) is 5.82 Å². The van der Waals surface area contributed by atoms with Crippen LogP contribution in [0.4, 0.5) is 4.39 Å². The minimum atomic E-state index is -0.313. The van der Waals surface area contributed by atoms with E-state index in [-0.39, 0.29) is 12.4 Å². The Bertz CT molecular complexity index is 676. The molecule has 0 atom stereocenters. The Morgan fingerprint density at radius 3 is 2.55 bits per heavy atom. The summed E-state index contributed by atoms with van der Waals surface area (Å²) in [5.41, 5.74) is 1.49. The summed E-state index contributed by atoms with van der Waals surface area (Å²) in [5, 5.41) is 3.83. The van der Waals surface area contributed by atoms with E-state index in [2.05, 4.69) is 21.1 Å². The van der Waals surface area contributed by atoms with Crippen LogP contribution in [-0.2, 0) is 11.4 Å². The maximum atomic E-state index is 13.0. The van der Waals surface area contributed by atoms with Crippen molar-refractivity contribution in [3.63, 3.8) is 0 Å². The molecule has 2 aromatic carbocycles. The fraction of sp³-hybridized carbons (Fsp3) is 0.188. The van der Waals surface area contributed by atoms with Gasteiger partial charge in [-0.3, -0.25) is 0 Å². The second-order valence-corrected chi connectivity index (χ2v) is 5.22. The SMILES string of the molecule is COc1cc(Br)c(CO/N=C\c2cccc(F)c2)cc1OC. The number of benzene rings is 2. The largest absolute Gasteiger partial charge is 0.493 e. The molecular weight excluding hydrogens is 353 g/mol. The Balaban J connectivity index is 2.02. The summed E-state index contributed by atoms with van der Waals surface area (Å²) in [6.07, 6.45) is 1.46. The Kier molecular flexibility index (Phi) is 5.77. The summed E-state index contributed by atoms with van der Waals surface area (Å²) in [6, 6.07) is 9.70. The maximum Gasteiger partial charge on any atom is 0.161 e. The zero-order chi connectivity index (χ0) is 15.9. The Labute approximate surface area is 136 Å². The molecule has 0 aliphatic rings. The highest BCUT2D eigenvalue weighted by atomic mass is 79.9. The predicted molar refractivity (Wildman–Crippen MR) is 86.0 cm³/mol. The summed E-state index contributed by atoms with van der Waals surface area (Å²) in [7, 11) is 3.14. The zero-order valence-electron chi connectivity index (χ0n) is 12.2. The molecule has 2 rings (SSSR count). The van der Waals surface area contributed by atoms with Crippen molar-refractivity contribution in [1.82, 2.24) is 0 Å². The Morgan fingerprint density at radius 2 is 1.86 bits per heavy atom. The molecule has 0 unspecified atom stereocenters. The summed E-state index contributed by atoms with van der Waals surface area (Å²) >= 11 is 3.44. The van der Waals surface area contributed by atoms with Gasteiger partial charge in [-0.25, -0.2) is 4.39 Å². The lowest BCUT2D eigenvalue weighted by molar-refractivity contribution is 0.131. The number of nitrogens with zero attached hydrogens (tertiary/aromatic N) is 1. The molecule has 0 saturated carbocycles. The summed E-state index contributed by atoms with van der Waals surface area (Å²) in [5.74, 6) is 0.923. The number of rotatable bonds is 6. The molecule has 0 aliphatic heterocycles. The van der Waals surface area contributed by atoms with E-state index in [1.165, 1.54) is 18.3 Å². The van der Waals surface area contributed by atoms with Gasteiger partial charge in [0.25, 0.3) is 0 Å².